The fraction of sp³-hybridized carbons (Fsp3) is 0.312. The number of hydrogen-bond donors (Lipinski definition) is 2. The van der Waals surface area contributed by atoms with Crippen molar-refractivity contribution in [2.45, 2.75) is 31.7 Å². The molecule has 0 saturated heterocycles. The second-order valence-corrected chi connectivity index (χ2v) is 6.20. The van der Waals surface area contributed by atoms with Gasteiger partial charge in [0.2, 0.25) is 0 Å². The highest BCUT2D eigenvalue weighted by Crippen LogP contribution is 2.22. The lowest BCUT2D eigenvalue weighted by Crippen LogP contribution is -2.17. The molecule has 1 aromatic carbocycles. The van der Waals surface area contributed by atoms with Crippen molar-refractivity contribution in [3.63, 3.8) is 0 Å². The topological polar surface area (TPSA) is 66.9 Å². The van der Waals surface area contributed by atoms with E-state index < -0.39 is 0 Å². The number of nitrogens with zero attached hydrogens (tertiary/aromatic N) is 2. The fourth-order valence-electron chi connectivity index (χ4n) is 2.55. The Bertz CT molecular complexity index is 653. The quantitative estimate of drug-likeness (QED) is 0.868. The summed E-state index contributed by atoms with van der Waals surface area (Å²) < 4.78 is 0.829. The van der Waals surface area contributed by atoms with Crippen LogP contribution >= 0.6 is 15.9 Å². The van der Waals surface area contributed by atoms with Gasteiger partial charge in [-0.1, -0.05) is 25.0 Å². The molecule has 6 heteroatoms. The van der Waals surface area contributed by atoms with Gasteiger partial charge in [-0.25, -0.2) is 9.97 Å². The number of rotatable bonds is 4. The van der Waals surface area contributed by atoms with Crippen LogP contribution in [0.25, 0.3) is 0 Å². The number of carbonyl (C=O) groups is 1. The minimum absolute atomic E-state index is 0.271. The second kappa shape index (κ2) is 6.87. The van der Waals surface area contributed by atoms with Crippen LogP contribution in [0.2, 0.25) is 0 Å². The molecule has 0 aliphatic heterocycles. The third kappa shape index (κ3) is 3.62. The van der Waals surface area contributed by atoms with Gasteiger partial charge in [0, 0.05) is 10.5 Å². The van der Waals surface area contributed by atoms with Crippen molar-refractivity contribution in [2.24, 2.45) is 0 Å². The van der Waals surface area contributed by atoms with Gasteiger partial charge in [0.25, 0.3) is 5.91 Å². The average Bonchev–Trinajstić information content (AvgIpc) is 3.03. The molecule has 1 fully saturated rings. The van der Waals surface area contributed by atoms with Crippen molar-refractivity contribution >= 4 is 33.3 Å². The first-order valence-corrected chi connectivity index (χ1v) is 8.16. The molecule has 0 bridgehead atoms. The second-order valence-electron chi connectivity index (χ2n) is 5.35. The van der Waals surface area contributed by atoms with Gasteiger partial charge in [0.1, 0.15) is 11.5 Å². The van der Waals surface area contributed by atoms with E-state index in [4.69, 9.17) is 0 Å². The number of amides is 1. The molecule has 1 saturated carbocycles. The highest BCUT2D eigenvalue weighted by atomic mass is 79.9. The van der Waals surface area contributed by atoms with E-state index in [-0.39, 0.29) is 5.91 Å². The summed E-state index contributed by atoms with van der Waals surface area (Å²) >= 11 is 3.40. The van der Waals surface area contributed by atoms with E-state index in [9.17, 15) is 4.79 Å². The maximum Gasteiger partial charge on any atom is 0.275 e. The van der Waals surface area contributed by atoms with Crippen LogP contribution in [0.5, 0.6) is 0 Å². The number of para-hydroxylation sites is 1. The predicted octanol–water partition coefficient (Wildman–Crippen LogP) is 3.85. The molecule has 114 valence electrons. The molecular weight excluding hydrogens is 344 g/mol. The number of carbonyl (C=O) groups excluding carboxylic acids is 1. The molecule has 1 aromatic heterocycles. The summed E-state index contributed by atoms with van der Waals surface area (Å²) in [5.41, 5.74) is 1.01. The highest BCUT2D eigenvalue weighted by Gasteiger charge is 2.15. The van der Waals surface area contributed by atoms with Gasteiger partial charge in [-0.2, -0.15) is 0 Å². The van der Waals surface area contributed by atoms with Gasteiger partial charge in [-0.15, -0.1) is 0 Å². The summed E-state index contributed by atoms with van der Waals surface area (Å²) in [5.74, 6) is 0.455. The third-order valence-corrected chi connectivity index (χ3v) is 4.41. The van der Waals surface area contributed by atoms with Crippen LogP contribution in [-0.2, 0) is 0 Å². The Balaban J connectivity index is 1.64. The Hall–Kier alpha value is -1.95. The van der Waals surface area contributed by atoms with Crippen LogP contribution in [-0.4, -0.2) is 21.9 Å². The molecule has 1 aliphatic rings. The molecular formula is C16H17BrN4O. The van der Waals surface area contributed by atoms with Gasteiger partial charge in [-0.05, 0) is 40.9 Å². The van der Waals surface area contributed by atoms with E-state index in [1.165, 1.54) is 31.9 Å². The number of halogens is 1. The molecule has 2 N–H and O–H groups in total. The van der Waals surface area contributed by atoms with Crippen LogP contribution < -0.4 is 10.6 Å². The number of hydrogen-bond acceptors (Lipinski definition) is 4. The van der Waals surface area contributed by atoms with E-state index in [1.54, 1.807) is 6.20 Å². The smallest absolute Gasteiger partial charge is 0.275 e. The first-order chi connectivity index (χ1) is 10.7. The Morgan fingerprint density at radius 3 is 2.59 bits per heavy atom. The molecule has 1 amide bonds. The van der Waals surface area contributed by atoms with Crippen LogP contribution in [0.4, 0.5) is 11.5 Å². The van der Waals surface area contributed by atoms with Crippen LogP contribution in [0.1, 0.15) is 36.2 Å². The van der Waals surface area contributed by atoms with Crippen molar-refractivity contribution in [2.75, 3.05) is 10.6 Å². The number of aromatic nitrogens is 2. The van der Waals surface area contributed by atoms with E-state index in [0.717, 1.165) is 10.3 Å². The molecule has 0 unspecified atom stereocenters. The standard InChI is InChI=1S/C16H17BrN4O/c17-12-7-3-4-8-13(12)21-16(22)14-9-19-15(10-18-14)20-11-5-1-2-6-11/h3-4,7-11H,1-2,5-6H2,(H,19,20)(H,21,22). The zero-order valence-electron chi connectivity index (χ0n) is 12.1. The molecule has 0 spiro atoms. The molecule has 2 aromatic rings. The van der Waals surface area contributed by atoms with Gasteiger partial charge in [0.15, 0.2) is 0 Å². The van der Waals surface area contributed by atoms with E-state index in [1.807, 2.05) is 24.3 Å². The monoisotopic (exact) mass is 360 g/mol. The van der Waals surface area contributed by atoms with Crippen LogP contribution in [0.3, 0.4) is 0 Å². The van der Waals surface area contributed by atoms with Crippen molar-refractivity contribution in [3.05, 3.63) is 46.8 Å². The predicted molar refractivity (Wildman–Crippen MR) is 90.0 cm³/mol. The Morgan fingerprint density at radius 2 is 1.91 bits per heavy atom. The highest BCUT2D eigenvalue weighted by molar-refractivity contribution is 9.10. The summed E-state index contributed by atoms with van der Waals surface area (Å²) in [6, 6.07) is 7.93. The zero-order valence-corrected chi connectivity index (χ0v) is 13.6. The summed E-state index contributed by atoms with van der Waals surface area (Å²) in [4.78, 5) is 20.6. The van der Waals surface area contributed by atoms with Gasteiger partial charge in [0.05, 0.1) is 18.1 Å². The lowest BCUT2D eigenvalue weighted by atomic mass is 10.2. The van der Waals surface area contributed by atoms with Crippen LogP contribution in [0, 0.1) is 0 Å². The lowest BCUT2D eigenvalue weighted by Gasteiger charge is -2.12. The molecule has 1 heterocycles. The van der Waals surface area contributed by atoms with Crippen LogP contribution in [0.15, 0.2) is 41.1 Å². The normalized spacial score (nSPS) is 14.8. The summed E-state index contributed by atoms with van der Waals surface area (Å²) in [6.07, 6.45) is 7.99. The Morgan fingerprint density at radius 1 is 1.14 bits per heavy atom. The first kappa shape index (κ1) is 15.0. The number of nitrogens with one attached hydrogen (secondary N) is 2. The Kier molecular flexibility index (Phi) is 4.68. The Labute approximate surface area is 137 Å². The van der Waals surface area contributed by atoms with Gasteiger partial charge >= 0.3 is 0 Å². The summed E-state index contributed by atoms with van der Waals surface area (Å²) in [6.45, 7) is 0. The summed E-state index contributed by atoms with van der Waals surface area (Å²) in [7, 11) is 0. The van der Waals surface area contributed by atoms with Gasteiger partial charge < -0.3 is 10.6 Å². The largest absolute Gasteiger partial charge is 0.366 e. The average molecular weight is 361 g/mol. The fourth-order valence-corrected chi connectivity index (χ4v) is 2.93. The molecule has 1 aliphatic carbocycles. The van der Waals surface area contributed by atoms with Crippen molar-refractivity contribution in [1.82, 2.24) is 9.97 Å². The van der Waals surface area contributed by atoms with Gasteiger partial charge in [-0.3, -0.25) is 4.79 Å². The maximum absolute atomic E-state index is 12.2. The van der Waals surface area contributed by atoms with Crippen molar-refractivity contribution in [3.8, 4) is 0 Å². The third-order valence-electron chi connectivity index (χ3n) is 3.71. The SMILES string of the molecule is O=C(Nc1ccccc1Br)c1cnc(NC2CCCC2)cn1. The van der Waals surface area contributed by atoms with Crippen molar-refractivity contribution in [1.29, 1.82) is 0 Å². The molecule has 0 atom stereocenters. The van der Waals surface area contributed by atoms with Crippen molar-refractivity contribution < 1.29 is 4.79 Å². The maximum atomic E-state index is 12.2. The minimum atomic E-state index is -0.271. The van der Waals surface area contributed by atoms with E-state index in [2.05, 4.69) is 36.5 Å². The molecule has 3 rings (SSSR count). The first-order valence-electron chi connectivity index (χ1n) is 7.37. The van der Waals surface area contributed by atoms with E-state index in [0.29, 0.717) is 17.4 Å². The zero-order chi connectivity index (χ0) is 15.4. The number of anilines is 2. The molecule has 0 radical (unpaired) electrons. The lowest BCUT2D eigenvalue weighted by molar-refractivity contribution is 0.102. The molecule has 22 heavy (non-hydrogen) atoms. The number of benzene rings is 1. The van der Waals surface area contributed by atoms with E-state index >= 15 is 0 Å². The summed E-state index contributed by atoms with van der Waals surface area (Å²) in [5, 5.41) is 6.16. The molecule has 5 nitrogen and oxygen atoms in total. The minimum Gasteiger partial charge on any atom is -0.366 e.